The third-order valence-corrected chi connectivity index (χ3v) is 4.26. The molecule has 1 aromatic carbocycles. The zero-order chi connectivity index (χ0) is 13.1. The van der Waals surface area contributed by atoms with Gasteiger partial charge >= 0.3 is 0 Å². The highest BCUT2D eigenvalue weighted by Crippen LogP contribution is 2.34. The number of aliphatic hydroxyl groups excluding tert-OH is 4. The Balaban J connectivity index is 2.08. The third-order valence-electron chi connectivity index (χ3n) is 2.84. The van der Waals surface area contributed by atoms with Gasteiger partial charge in [-0.2, -0.15) is 0 Å². The molecule has 5 nitrogen and oxygen atoms in total. The first-order valence-electron chi connectivity index (χ1n) is 5.65. The van der Waals surface area contributed by atoms with Gasteiger partial charge in [0.1, 0.15) is 18.0 Å². The minimum atomic E-state index is -1.32. The van der Waals surface area contributed by atoms with E-state index in [1.807, 2.05) is 6.07 Å². The van der Waals surface area contributed by atoms with E-state index in [1.165, 1.54) is 0 Å². The van der Waals surface area contributed by atoms with E-state index >= 15 is 0 Å². The molecule has 0 radical (unpaired) electrons. The lowest BCUT2D eigenvalue weighted by molar-refractivity contribution is -0.0909. The Morgan fingerprint density at radius 2 is 1.67 bits per heavy atom. The molecule has 0 spiro atoms. The second-order valence-electron chi connectivity index (χ2n) is 4.13. The summed E-state index contributed by atoms with van der Waals surface area (Å²) in [6.45, 7) is -0.287. The summed E-state index contributed by atoms with van der Waals surface area (Å²) in [5.41, 5.74) is -0.719. The van der Waals surface area contributed by atoms with E-state index < -0.39 is 29.0 Å². The second-order valence-corrected chi connectivity index (χ2v) is 5.47. The maximum Gasteiger partial charge on any atom is 0.173 e. The monoisotopic (exact) mass is 272 g/mol. The van der Waals surface area contributed by atoms with Gasteiger partial charge < -0.3 is 25.2 Å². The SMILES string of the molecule is OC[C@H]1SC(Oc2ccccc2)[C@H](O)[C@@H](O)[C@@H]1O. The Kier molecular flexibility index (Phi) is 4.47. The lowest BCUT2D eigenvalue weighted by atomic mass is 10.0. The van der Waals surface area contributed by atoms with Crippen LogP contribution in [0.4, 0.5) is 0 Å². The molecule has 0 aromatic heterocycles. The summed E-state index contributed by atoms with van der Waals surface area (Å²) >= 11 is 1.11. The van der Waals surface area contributed by atoms with Crippen LogP contribution in [0.5, 0.6) is 5.75 Å². The molecule has 0 aliphatic carbocycles. The molecular formula is C12H16O5S. The summed E-state index contributed by atoms with van der Waals surface area (Å²) in [5, 5.41) is 37.7. The van der Waals surface area contributed by atoms with Crippen molar-refractivity contribution in [2.75, 3.05) is 6.61 Å². The predicted molar refractivity (Wildman–Crippen MR) is 67.3 cm³/mol. The van der Waals surface area contributed by atoms with Crippen LogP contribution >= 0.6 is 11.8 Å². The summed E-state index contributed by atoms with van der Waals surface area (Å²) in [4.78, 5) is 0. The largest absolute Gasteiger partial charge is 0.477 e. The predicted octanol–water partition coefficient (Wildman–Crippen LogP) is -0.418. The summed E-state index contributed by atoms with van der Waals surface area (Å²) in [7, 11) is 0. The smallest absolute Gasteiger partial charge is 0.173 e. The van der Waals surface area contributed by atoms with Crippen molar-refractivity contribution in [1.29, 1.82) is 0 Å². The maximum absolute atomic E-state index is 9.85. The fraction of sp³-hybridized carbons (Fsp3) is 0.500. The van der Waals surface area contributed by atoms with Gasteiger partial charge in [0.05, 0.1) is 18.0 Å². The molecule has 5 atom stereocenters. The third kappa shape index (κ3) is 2.78. The van der Waals surface area contributed by atoms with Crippen LogP contribution < -0.4 is 4.74 Å². The normalized spacial score (nSPS) is 36.3. The van der Waals surface area contributed by atoms with Crippen LogP contribution in [-0.2, 0) is 0 Å². The van der Waals surface area contributed by atoms with Crippen molar-refractivity contribution in [3.8, 4) is 5.75 Å². The maximum atomic E-state index is 9.85. The van der Waals surface area contributed by atoms with Crippen molar-refractivity contribution < 1.29 is 25.2 Å². The topological polar surface area (TPSA) is 90.2 Å². The first kappa shape index (κ1) is 13.6. The fourth-order valence-electron chi connectivity index (χ4n) is 1.80. The second kappa shape index (κ2) is 5.90. The van der Waals surface area contributed by atoms with E-state index in [-0.39, 0.29) is 6.61 Å². The summed E-state index contributed by atoms with van der Waals surface area (Å²) in [6.07, 6.45) is -3.68. The number of rotatable bonds is 3. The average molecular weight is 272 g/mol. The van der Waals surface area contributed by atoms with Crippen molar-refractivity contribution in [1.82, 2.24) is 0 Å². The zero-order valence-electron chi connectivity index (χ0n) is 9.59. The van der Waals surface area contributed by atoms with Gasteiger partial charge in [-0.15, -0.1) is 11.8 Å². The minimum absolute atomic E-state index is 0.287. The Morgan fingerprint density at radius 3 is 2.28 bits per heavy atom. The van der Waals surface area contributed by atoms with Crippen LogP contribution in [0.25, 0.3) is 0 Å². The number of hydrogen-bond donors (Lipinski definition) is 4. The number of aliphatic hydroxyl groups is 4. The van der Waals surface area contributed by atoms with Crippen LogP contribution in [0.1, 0.15) is 0 Å². The lowest BCUT2D eigenvalue weighted by Crippen LogP contribution is -2.55. The van der Waals surface area contributed by atoms with E-state index in [0.29, 0.717) is 5.75 Å². The van der Waals surface area contributed by atoms with E-state index in [1.54, 1.807) is 24.3 Å². The van der Waals surface area contributed by atoms with Gasteiger partial charge in [0.15, 0.2) is 5.44 Å². The number of thioether (sulfide) groups is 1. The first-order chi connectivity index (χ1) is 8.63. The molecule has 1 aliphatic rings. The molecule has 0 amide bonds. The molecule has 1 fully saturated rings. The highest BCUT2D eigenvalue weighted by molar-refractivity contribution is 8.00. The molecule has 2 rings (SSSR count). The van der Waals surface area contributed by atoms with Gasteiger partial charge in [-0.25, -0.2) is 0 Å². The van der Waals surface area contributed by atoms with Crippen LogP contribution in [-0.4, -0.2) is 56.0 Å². The van der Waals surface area contributed by atoms with Crippen LogP contribution in [0.2, 0.25) is 0 Å². The molecule has 1 unspecified atom stereocenters. The van der Waals surface area contributed by atoms with Gasteiger partial charge in [0.2, 0.25) is 0 Å². The van der Waals surface area contributed by atoms with E-state index in [0.717, 1.165) is 11.8 Å². The van der Waals surface area contributed by atoms with E-state index in [2.05, 4.69) is 0 Å². The molecule has 1 aliphatic heterocycles. The number of benzene rings is 1. The molecule has 1 heterocycles. The van der Waals surface area contributed by atoms with Gasteiger partial charge in [-0.3, -0.25) is 0 Å². The van der Waals surface area contributed by atoms with Gasteiger partial charge in [0.25, 0.3) is 0 Å². The van der Waals surface area contributed by atoms with Gasteiger partial charge in [0, 0.05) is 0 Å². The molecule has 1 aromatic rings. The van der Waals surface area contributed by atoms with E-state index in [4.69, 9.17) is 9.84 Å². The Labute approximate surface area is 109 Å². The molecule has 0 bridgehead atoms. The Hall–Kier alpha value is -0.790. The van der Waals surface area contributed by atoms with Gasteiger partial charge in [-0.05, 0) is 12.1 Å². The average Bonchev–Trinajstić information content (AvgIpc) is 2.40. The molecule has 0 saturated carbocycles. The number of ether oxygens (including phenoxy) is 1. The minimum Gasteiger partial charge on any atom is -0.477 e. The first-order valence-corrected chi connectivity index (χ1v) is 6.60. The number of para-hydroxylation sites is 1. The molecule has 100 valence electrons. The summed E-state index contributed by atoms with van der Waals surface area (Å²) in [6, 6.07) is 8.90. The highest BCUT2D eigenvalue weighted by atomic mass is 32.2. The fourth-order valence-corrected chi connectivity index (χ4v) is 3.04. The van der Waals surface area contributed by atoms with E-state index in [9.17, 15) is 15.3 Å². The van der Waals surface area contributed by atoms with Crippen LogP contribution in [0.15, 0.2) is 30.3 Å². The van der Waals surface area contributed by atoms with Crippen molar-refractivity contribution in [2.45, 2.75) is 29.0 Å². The molecular weight excluding hydrogens is 256 g/mol. The zero-order valence-corrected chi connectivity index (χ0v) is 10.4. The molecule has 4 N–H and O–H groups in total. The van der Waals surface area contributed by atoms with Crippen LogP contribution in [0, 0.1) is 0 Å². The molecule has 1 saturated heterocycles. The van der Waals surface area contributed by atoms with Crippen LogP contribution in [0.3, 0.4) is 0 Å². The lowest BCUT2D eigenvalue weighted by Gasteiger charge is -2.39. The Bertz CT molecular complexity index is 372. The molecule has 18 heavy (non-hydrogen) atoms. The number of hydrogen-bond acceptors (Lipinski definition) is 6. The summed E-state index contributed by atoms with van der Waals surface area (Å²) < 4.78 is 5.55. The van der Waals surface area contributed by atoms with Crippen molar-refractivity contribution in [3.63, 3.8) is 0 Å². The summed E-state index contributed by atoms with van der Waals surface area (Å²) in [5.74, 6) is 0.564. The standard InChI is InChI=1S/C12H16O5S/c13-6-8-9(14)10(15)11(16)12(18-8)17-7-4-2-1-3-5-7/h1-5,8-16H,6H2/t8-,9-,10+,11-,12?/m1/s1. The Morgan fingerprint density at radius 1 is 1.00 bits per heavy atom. The van der Waals surface area contributed by atoms with Crippen molar-refractivity contribution >= 4 is 11.8 Å². The van der Waals surface area contributed by atoms with Crippen molar-refractivity contribution in [3.05, 3.63) is 30.3 Å². The molecule has 6 heteroatoms. The van der Waals surface area contributed by atoms with Crippen molar-refractivity contribution in [2.24, 2.45) is 0 Å². The van der Waals surface area contributed by atoms with Gasteiger partial charge in [-0.1, -0.05) is 18.2 Å². The quantitative estimate of drug-likeness (QED) is 0.598. The highest BCUT2D eigenvalue weighted by Gasteiger charge is 2.44.